The third-order valence-electron chi connectivity index (χ3n) is 5.63. The molecule has 3 aliphatic rings. The number of carbonyl (C=O) groups excluding carboxylic acids is 2. The molecule has 0 aromatic heterocycles. The Balaban J connectivity index is 1.45. The first-order valence-corrected chi connectivity index (χ1v) is 10.0. The number of hydrogen-bond acceptors (Lipinski definition) is 5. The van der Waals surface area contributed by atoms with Gasteiger partial charge in [-0.1, -0.05) is 6.07 Å². The molecule has 2 heterocycles. The minimum absolute atomic E-state index is 0.0331. The van der Waals surface area contributed by atoms with E-state index in [1.54, 1.807) is 18.2 Å². The molecule has 2 bridgehead atoms. The summed E-state index contributed by atoms with van der Waals surface area (Å²) < 4.78 is 16.8. The Morgan fingerprint density at radius 2 is 2.00 bits per heavy atom. The Bertz CT molecular complexity index is 773. The minimum Gasteiger partial charge on any atom is -0.486 e. The fraction of sp³-hybridized carbons (Fsp3) is 0.619. The summed E-state index contributed by atoms with van der Waals surface area (Å²) in [6.45, 7) is 6.93. The predicted octanol–water partition coefficient (Wildman–Crippen LogP) is 2.98. The SMILES string of the molecule is CC(C)(C)OC(=O)N1[C@@H]2CC[C@@H](C2)[C@H]1CNC(=O)c1cccc2c1OCCO2. The van der Waals surface area contributed by atoms with E-state index >= 15 is 0 Å². The van der Waals surface area contributed by atoms with Crippen LogP contribution in [0.15, 0.2) is 18.2 Å². The summed E-state index contributed by atoms with van der Waals surface area (Å²) in [7, 11) is 0. The molecule has 2 amide bonds. The molecule has 1 saturated carbocycles. The van der Waals surface area contributed by atoms with Gasteiger partial charge < -0.3 is 24.4 Å². The molecule has 28 heavy (non-hydrogen) atoms. The number of amides is 2. The van der Waals surface area contributed by atoms with E-state index in [0.29, 0.717) is 42.7 Å². The zero-order valence-corrected chi connectivity index (χ0v) is 16.7. The second-order valence-corrected chi connectivity index (χ2v) is 8.72. The van der Waals surface area contributed by atoms with Crippen molar-refractivity contribution in [3.05, 3.63) is 23.8 Å². The second-order valence-electron chi connectivity index (χ2n) is 8.72. The van der Waals surface area contributed by atoms with Gasteiger partial charge in [-0.15, -0.1) is 0 Å². The van der Waals surface area contributed by atoms with Crippen LogP contribution in [0.1, 0.15) is 50.4 Å². The summed E-state index contributed by atoms with van der Waals surface area (Å²) in [5, 5.41) is 3.00. The number of ether oxygens (including phenoxy) is 3. The number of likely N-dealkylation sites (tertiary alicyclic amines) is 1. The van der Waals surface area contributed by atoms with E-state index in [4.69, 9.17) is 14.2 Å². The maximum Gasteiger partial charge on any atom is 0.410 e. The normalized spacial score (nSPS) is 25.5. The molecular formula is C21H28N2O5. The molecule has 2 aliphatic heterocycles. The maximum atomic E-state index is 12.8. The molecule has 7 nitrogen and oxygen atoms in total. The summed E-state index contributed by atoms with van der Waals surface area (Å²) in [5.41, 5.74) is -0.0724. The van der Waals surface area contributed by atoms with Gasteiger partial charge in [-0.25, -0.2) is 4.79 Å². The molecule has 1 N–H and O–H groups in total. The quantitative estimate of drug-likeness (QED) is 0.861. The number of nitrogens with one attached hydrogen (secondary N) is 1. The molecule has 3 atom stereocenters. The van der Waals surface area contributed by atoms with Crippen LogP contribution in [0.3, 0.4) is 0 Å². The fourth-order valence-electron chi connectivity index (χ4n) is 4.50. The van der Waals surface area contributed by atoms with Crippen molar-refractivity contribution in [2.45, 2.75) is 57.7 Å². The number of carbonyl (C=O) groups is 2. The average molecular weight is 388 g/mol. The van der Waals surface area contributed by atoms with E-state index in [1.165, 1.54) is 0 Å². The Labute approximate surface area is 165 Å². The van der Waals surface area contributed by atoms with Crippen LogP contribution in [-0.4, -0.2) is 54.3 Å². The minimum atomic E-state index is -0.535. The number of fused-ring (bicyclic) bond motifs is 3. The van der Waals surface area contributed by atoms with Crippen molar-refractivity contribution in [1.82, 2.24) is 10.2 Å². The lowest BCUT2D eigenvalue weighted by atomic mass is 9.98. The molecule has 0 spiro atoms. The van der Waals surface area contributed by atoms with Crippen LogP contribution >= 0.6 is 0 Å². The van der Waals surface area contributed by atoms with Gasteiger partial charge in [-0.2, -0.15) is 0 Å². The number of rotatable bonds is 3. The van der Waals surface area contributed by atoms with Crippen molar-refractivity contribution in [1.29, 1.82) is 0 Å². The maximum absolute atomic E-state index is 12.8. The number of hydrogen-bond donors (Lipinski definition) is 1. The highest BCUT2D eigenvalue weighted by atomic mass is 16.6. The molecule has 4 rings (SSSR count). The second kappa shape index (κ2) is 7.18. The van der Waals surface area contributed by atoms with Crippen LogP contribution < -0.4 is 14.8 Å². The Hall–Kier alpha value is -2.44. The van der Waals surface area contributed by atoms with Crippen LogP contribution in [0, 0.1) is 5.92 Å². The largest absolute Gasteiger partial charge is 0.486 e. The van der Waals surface area contributed by atoms with E-state index in [0.717, 1.165) is 19.3 Å². The molecule has 152 valence electrons. The van der Waals surface area contributed by atoms with Gasteiger partial charge in [-0.05, 0) is 58.1 Å². The monoisotopic (exact) mass is 388 g/mol. The van der Waals surface area contributed by atoms with Crippen LogP contribution in [-0.2, 0) is 4.74 Å². The van der Waals surface area contributed by atoms with Crippen LogP contribution in [0.4, 0.5) is 4.79 Å². The molecule has 1 aliphatic carbocycles. The molecule has 1 aromatic carbocycles. The van der Waals surface area contributed by atoms with Gasteiger partial charge in [0.15, 0.2) is 11.5 Å². The zero-order chi connectivity index (χ0) is 19.9. The van der Waals surface area contributed by atoms with Gasteiger partial charge in [0.25, 0.3) is 5.91 Å². The van der Waals surface area contributed by atoms with E-state index in [-0.39, 0.29) is 24.1 Å². The highest BCUT2D eigenvalue weighted by Gasteiger charge is 2.49. The van der Waals surface area contributed by atoms with E-state index in [2.05, 4.69) is 5.32 Å². The van der Waals surface area contributed by atoms with Gasteiger partial charge >= 0.3 is 6.09 Å². The van der Waals surface area contributed by atoms with Crippen LogP contribution in [0.25, 0.3) is 0 Å². The number of benzene rings is 1. The van der Waals surface area contributed by atoms with Crippen molar-refractivity contribution < 1.29 is 23.8 Å². The van der Waals surface area contributed by atoms with Crippen molar-refractivity contribution in [2.75, 3.05) is 19.8 Å². The van der Waals surface area contributed by atoms with Crippen LogP contribution in [0.5, 0.6) is 11.5 Å². The highest BCUT2D eigenvalue weighted by molar-refractivity contribution is 5.97. The lowest BCUT2D eigenvalue weighted by molar-refractivity contribution is 0.00754. The summed E-state index contributed by atoms with van der Waals surface area (Å²) in [4.78, 5) is 27.4. The molecule has 7 heteroatoms. The van der Waals surface area contributed by atoms with Gasteiger partial charge in [0.1, 0.15) is 18.8 Å². The Morgan fingerprint density at radius 3 is 2.79 bits per heavy atom. The standard InChI is InChI=1S/C21H28N2O5/c1-21(2,3)28-20(25)23-14-8-7-13(11-14)16(23)12-22-19(24)15-5-4-6-17-18(15)27-10-9-26-17/h4-6,13-14,16H,7-12H2,1-3H3,(H,22,24)/t13-,14+,16+/m0/s1. The molecule has 1 saturated heterocycles. The van der Waals surface area contributed by atoms with Crippen molar-refractivity contribution in [2.24, 2.45) is 5.92 Å². The van der Waals surface area contributed by atoms with Crippen molar-refractivity contribution in [3.8, 4) is 11.5 Å². The topological polar surface area (TPSA) is 77.1 Å². The number of nitrogens with zero attached hydrogens (tertiary/aromatic N) is 1. The first-order chi connectivity index (χ1) is 13.3. The van der Waals surface area contributed by atoms with Gasteiger partial charge in [-0.3, -0.25) is 4.79 Å². The predicted molar refractivity (Wildman–Crippen MR) is 103 cm³/mol. The average Bonchev–Trinajstić information content (AvgIpc) is 3.25. The van der Waals surface area contributed by atoms with Gasteiger partial charge in [0, 0.05) is 12.6 Å². The Kier molecular flexibility index (Phi) is 4.85. The van der Waals surface area contributed by atoms with E-state index in [1.807, 2.05) is 25.7 Å². The summed E-state index contributed by atoms with van der Waals surface area (Å²) in [5.74, 6) is 1.27. The molecular weight excluding hydrogens is 360 g/mol. The smallest absolute Gasteiger partial charge is 0.410 e. The molecule has 2 fully saturated rings. The van der Waals surface area contributed by atoms with Gasteiger partial charge in [0.05, 0.1) is 11.6 Å². The molecule has 0 radical (unpaired) electrons. The lowest BCUT2D eigenvalue weighted by Crippen LogP contribution is -2.51. The Morgan fingerprint density at radius 1 is 1.21 bits per heavy atom. The summed E-state index contributed by atoms with van der Waals surface area (Å²) in [6, 6.07) is 5.49. The van der Waals surface area contributed by atoms with E-state index in [9.17, 15) is 9.59 Å². The molecule has 1 aromatic rings. The highest BCUT2D eigenvalue weighted by Crippen LogP contribution is 2.43. The lowest BCUT2D eigenvalue weighted by Gasteiger charge is -2.36. The third-order valence-corrected chi connectivity index (χ3v) is 5.63. The zero-order valence-electron chi connectivity index (χ0n) is 16.7. The molecule has 0 unspecified atom stereocenters. The third kappa shape index (κ3) is 3.62. The number of para-hydroxylation sites is 1. The summed E-state index contributed by atoms with van der Waals surface area (Å²) in [6.07, 6.45) is 2.79. The van der Waals surface area contributed by atoms with Crippen molar-refractivity contribution in [3.63, 3.8) is 0 Å². The van der Waals surface area contributed by atoms with Crippen LogP contribution in [0.2, 0.25) is 0 Å². The first-order valence-electron chi connectivity index (χ1n) is 10.0. The fourth-order valence-corrected chi connectivity index (χ4v) is 4.50. The van der Waals surface area contributed by atoms with Gasteiger partial charge in [0.2, 0.25) is 0 Å². The first kappa shape index (κ1) is 18.9. The summed E-state index contributed by atoms with van der Waals surface area (Å²) >= 11 is 0. The number of piperidine rings is 1. The van der Waals surface area contributed by atoms with E-state index < -0.39 is 5.60 Å². The van der Waals surface area contributed by atoms with Crippen molar-refractivity contribution >= 4 is 12.0 Å².